The lowest BCUT2D eigenvalue weighted by molar-refractivity contribution is 0.251. The summed E-state index contributed by atoms with van der Waals surface area (Å²) in [5, 5.41) is 0. The summed E-state index contributed by atoms with van der Waals surface area (Å²) in [6.07, 6.45) is 4.28. The summed E-state index contributed by atoms with van der Waals surface area (Å²) in [6, 6.07) is 5.74. The molecule has 0 aliphatic carbocycles. The Morgan fingerprint density at radius 1 is 1.19 bits per heavy atom. The summed E-state index contributed by atoms with van der Waals surface area (Å²) in [7, 11) is -3.66. The van der Waals surface area contributed by atoms with E-state index in [1.165, 1.54) is 41.1 Å². The normalized spacial score (nSPS) is 16.7. The number of H-pyrrole nitrogens is 1. The fraction of sp³-hybridized carbons (Fsp3) is 0.353. The molecule has 3 heterocycles. The molecule has 1 aromatic carbocycles. The highest BCUT2D eigenvalue weighted by Crippen LogP contribution is 2.26. The van der Waals surface area contributed by atoms with Gasteiger partial charge in [0.05, 0.1) is 16.7 Å². The molecular weight excluding hydrogens is 372 g/mol. The Labute approximate surface area is 154 Å². The molecule has 2 aromatic heterocycles. The van der Waals surface area contributed by atoms with Gasteiger partial charge in [-0.3, -0.25) is 14.3 Å². The van der Waals surface area contributed by atoms with E-state index in [2.05, 4.69) is 9.97 Å². The van der Waals surface area contributed by atoms with Crippen LogP contribution in [0.3, 0.4) is 0 Å². The molecule has 1 saturated heterocycles. The van der Waals surface area contributed by atoms with Crippen LogP contribution in [-0.2, 0) is 16.6 Å². The molecule has 0 saturated carbocycles. The number of rotatable bonds is 4. The fourth-order valence-electron chi connectivity index (χ4n) is 3.37. The van der Waals surface area contributed by atoms with Crippen molar-refractivity contribution < 1.29 is 12.8 Å². The van der Waals surface area contributed by atoms with Crippen LogP contribution in [0.4, 0.5) is 0 Å². The number of piperidine rings is 1. The first-order chi connectivity index (χ1) is 12.9. The number of hydrogen-bond donors (Lipinski definition) is 1. The molecule has 0 radical (unpaired) electrons. The van der Waals surface area contributed by atoms with Crippen molar-refractivity contribution in [3.8, 4) is 0 Å². The fourth-order valence-corrected chi connectivity index (χ4v) is 4.86. The molecular formula is C17H18N4O5S. The van der Waals surface area contributed by atoms with E-state index < -0.39 is 15.8 Å². The van der Waals surface area contributed by atoms with Gasteiger partial charge in [-0.05, 0) is 37.0 Å². The largest absolute Gasteiger partial charge is 0.417 e. The topological polar surface area (TPSA) is 118 Å². The highest BCUT2D eigenvalue weighted by Gasteiger charge is 2.30. The lowest BCUT2D eigenvalue weighted by Crippen LogP contribution is -2.40. The third-order valence-corrected chi connectivity index (χ3v) is 6.74. The predicted molar refractivity (Wildman–Crippen MR) is 96.8 cm³/mol. The van der Waals surface area contributed by atoms with Crippen molar-refractivity contribution in [2.24, 2.45) is 5.92 Å². The van der Waals surface area contributed by atoms with Crippen molar-refractivity contribution in [2.45, 2.75) is 24.3 Å². The van der Waals surface area contributed by atoms with Crippen molar-refractivity contribution >= 4 is 21.1 Å². The van der Waals surface area contributed by atoms with Crippen LogP contribution in [0.25, 0.3) is 11.1 Å². The Balaban J connectivity index is 1.48. The highest BCUT2D eigenvalue weighted by atomic mass is 32.2. The zero-order chi connectivity index (χ0) is 19.0. The van der Waals surface area contributed by atoms with Gasteiger partial charge in [0.15, 0.2) is 5.58 Å². The summed E-state index contributed by atoms with van der Waals surface area (Å²) < 4.78 is 33.7. The molecule has 27 heavy (non-hydrogen) atoms. The van der Waals surface area contributed by atoms with E-state index in [4.69, 9.17) is 4.42 Å². The number of oxazole rings is 1. The van der Waals surface area contributed by atoms with Crippen LogP contribution < -0.4 is 11.3 Å². The predicted octanol–water partition coefficient (Wildman–Crippen LogP) is 0.779. The van der Waals surface area contributed by atoms with Crippen LogP contribution in [0.15, 0.2) is 55.7 Å². The maximum Gasteiger partial charge on any atom is 0.417 e. The molecule has 1 aliphatic rings. The Kier molecular flexibility index (Phi) is 4.44. The van der Waals surface area contributed by atoms with Crippen LogP contribution in [0.1, 0.15) is 12.8 Å². The van der Waals surface area contributed by atoms with Crippen LogP contribution in [0, 0.1) is 5.92 Å². The Morgan fingerprint density at radius 3 is 2.70 bits per heavy atom. The van der Waals surface area contributed by atoms with Crippen molar-refractivity contribution in [2.75, 3.05) is 13.1 Å². The van der Waals surface area contributed by atoms with Crippen LogP contribution in [0.2, 0.25) is 0 Å². The monoisotopic (exact) mass is 390 g/mol. The third kappa shape index (κ3) is 3.45. The maximum absolute atomic E-state index is 12.9. The van der Waals surface area contributed by atoms with Gasteiger partial charge in [-0.2, -0.15) is 4.31 Å². The lowest BCUT2D eigenvalue weighted by Gasteiger charge is -2.31. The Hall–Kier alpha value is -2.72. The number of sulfonamides is 1. The van der Waals surface area contributed by atoms with Crippen molar-refractivity contribution in [3.63, 3.8) is 0 Å². The zero-order valence-corrected chi connectivity index (χ0v) is 15.2. The molecule has 0 spiro atoms. The van der Waals surface area contributed by atoms with Gasteiger partial charge in [0, 0.05) is 31.9 Å². The van der Waals surface area contributed by atoms with E-state index in [-0.39, 0.29) is 16.4 Å². The number of aromatic amines is 1. The van der Waals surface area contributed by atoms with Gasteiger partial charge in [0.2, 0.25) is 10.0 Å². The minimum atomic E-state index is -3.66. The summed E-state index contributed by atoms with van der Waals surface area (Å²) >= 11 is 0. The van der Waals surface area contributed by atoms with E-state index in [0.29, 0.717) is 43.6 Å². The van der Waals surface area contributed by atoms with Crippen LogP contribution in [-0.4, -0.2) is 40.3 Å². The quantitative estimate of drug-likeness (QED) is 0.703. The van der Waals surface area contributed by atoms with Gasteiger partial charge in [0.1, 0.15) is 0 Å². The molecule has 142 valence electrons. The summed E-state index contributed by atoms with van der Waals surface area (Å²) in [5.74, 6) is -0.405. The third-order valence-electron chi connectivity index (χ3n) is 4.85. The van der Waals surface area contributed by atoms with E-state index in [9.17, 15) is 18.0 Å². The summed E-state index contributed by atoms with van der Waals surface area (Å²) in [4.78, 5) is 29.6. The number of fused-ring (bicyclic) bond motifs is 1. The number of aromatic nitrogens is 3. The van der Waals surface area contributed by atoms with Crippen molar-refractivity contribution in [1.29, 1.82) is 0 Å². The average molecular weight is 390 g/mol. The first kappa shape index (κ1) is 17.7. The molecule has 4 rings (SSSR count). The number of benzene rings is 1. The SMILES string of the molecule is O=c1[nH]c2cc(S(=O)(=O)N3CCC(Cn4cnccc4=O)CC3)ccc2o1. The van der Waals surface area contributed by atoms with E-state index in [1.54, 1.807) is 4.57 Å². The molecule has 1 fully saturated rings. The lowest BCUT2D eigenvalue weighted by atomic mass is 9.98. The number of nitrogens with zero attached hydrogens (tertiary/aromatic N) is 3. The molecule has 0 bridgehead atoms. The molecule has 10 heteroatoms. The van der Waals surface area contributed by atoms with Crippen LogP contribution in [0.5, 0.6) is 0 Å². The number of hydrogen-bond acceptors (Lipinski definition) is 6. The molecule has 1 N–H and O–H groups in total. The Bertz CT molecular complexity index is 1190. The average Bonchev–Trinajstić information content (AvgIpc) is 3.03. The zero-order valence-electron chi connectivity index (χ0n) is 14.4. The van der Waals surface area contributed by atoms with Gasteiger partial charge in [0.25, 0.3) is 5.56 Å². The molecule has 0 unspecified atom stereocenters. The second kappa shape index (κ2) is 6.78. The van der Waals surface area contributed by atoms with E-state index >= 15 is 0 Å². The molecule has 9 nitrogen and oxygen atoms in total. The van der Waals surface area contributed by atoms with E-state index in [0.717, 1.165) is 0 Å². The Morgan fingerprint density at radius 2 is 1.96 bits per heavy atom. The second-order valence-corrected chi connectivity index (χ2v) is 8.53. The maximum atomic E-state index is 12.9. The highest BCUT2D eigenvalue weighted by molar-refractivity contribution is 7.89. The van der Waals surface area contributed by atoms with Crippen molar-refractivity contribution in [3.05, 3.63) is 57.7 Å². The number of nitrogens with one attached hydrogen (secondary N) is 1. The van der Waals surface area contributed by atoms with Crippen LogP contribution >= 0.6 is 0 Å². The minimum Gasteiger partial charge on any atom is -0.408 e. The summed E-state index contributed by atoms with van der Waals surface area (Å²) in [6.45, 7) is 1.28. The molecule has 0 atom stereocenters. The van der Waals surface area contributed by atoms with Crippen molar-refractivity contribution in [1.82, 2.24) is 18.8 Å². The smallest absolute Gasteiger partial charge is 0.408 e. The van der Waals surface area contributed by atoms with Gasteiger partial charge < -0.3 is 4.42 Å². The standard InChI is InChI=1S/C17H18N4O5S/c22-16-3-6-18-11-20(16)10-12-4-7-21(8-5-12)27(24,25)13-1-2-15-14(9-13)19-17(23)26-15/h1-3,6,9,11-12H,4-5,7-8,10H2,(H,19,23). The first-order valence-corrected chi connectivity index (χ1v) is 10.0. The molecule has 1 aliphatic heterocycles. The minimum absolute atomic E-state index is 0.109. The summed E-state index contributed by atoms with van der Waals surface area (Å²) in [5.41, 5.74) is 0.564. The van der Waals surface area contributed by atoms with Gasteiger partial charge in [-0.1, -0.05) is 0 Å². The van der Waals surface area contributed by atoms with Gasteiger partial charge >= 0.3 is 5.76 Å². The second-order valence-electron chi connectivity index (χ2n) is 6.59. The molecule has 3 aromatic rings. The molecule has 0 amide bonds. The van der Waals surface area contributed by atoms with Gasteiger partial charge in [-0.15, -0.1) is 0 Å². The van der Waals surface area contributed by atoms with E-state index in [1.807, 2.05) is 0 Å². The van der Waals surface area contributed by atoms with Gasteiger partial charge in [-0.25, -0.2) is 18.2 Å². The first-order valence-electron chi connectivity index (χ1n) is 8.57.